The fourth-order valence-corrected chi connectivity index (χ4v) is 2.36. The summed E-state index contributed by atoms with van der Waals surface area (Å²) in [7, 11) is 5.70. The minimum atomic E-state index is 0. The van der Waals surface area contributed by atoms with E-state index in [0.29, 0.717) is 13.1 Å². The van der Waals surface area contributed by atoms with Crippen molar-refractivity contribution in [3.63, 3.8) is 0 Å². The van der Waals surface area contributed by atoms with Crippen LogP contribution >= 0.6 is 35.6 Å². The minimum absolute atomic E-state index is 0. The van der Waals surface area contributed by atoms with Gasteiger partial charge in [0.1, 0.15) is 0 Å². The lowest BCUT2D eigenvalue weighted by Gasteiger charge is -2.21. The summed E-state index contributed by atoms with van der Waals surface area (Å²) < 4.78 is 7.18. The van der Waals surface area contributed by atoms with Gasteiger partial charge in [0.05, 0.1) is 23.8 Å². The van der Waals surface area contributed by atoms with Gasteiger partial charge in [-0.1, -0.05) is 16.8 Å². The van der Waals surface area contributed by atoms with Crippen molar-refractivity contribution >= 4 is 41.5 Å². The second-order valence-electron chi connectivity index (χ2n) is 4.95. The Morgan fingerprint density at radius 1 is 1.50 bits per heavy atom. The van der Waals surface area contributed by atoms with Crippen LogP contribution in [-0.4, -0.2) is 34.7 Å². The molecule has 0 radical (unpaired) electrons. The Kier molecular flexibility index (Phi) is 7.21. The number of hydrogen-bond donors (Lipinski definition) is 1. The third-order valence-corrected chi connectivity index (χ3v) is 3.35. The average molecular weight is 438 g/mol. The zero-order valence-electron chi connectivity index (χ0n) is 13.1. The van der Waals surface area contributed by atoms with Crippen molar-refractivity contribution in [2.75, 3.05) is 14.1 Å². The lowest BCUT2D eigenvalue weighted by Crippen LogP contribution is -2.38. The number of aliphatic imine (C=N–C) groups is 1. The highest BCUT2D eigenvalue weighted by Gasteiger charge is 2.10. The number of halogens is 2. The van der Waals surface area contributed by atoms with Crippen LogP contribution in [0.3, 0.4) is 0 Å². The van der Waals surface area contributed by atoms with E-state index in [1.165, 1.54) is 0 Å². The van der Waals surface area contributed by atoms with Crippen molar-refractivity contribution in [3.05, 3.63) is 40.5 Å². The molecule has 0 fully saturated rings. The summed E-state index contributed by atoms with van der Waals surface area (Å²) in [4.78, 5) is 6.29. The first-order valence-corrected chi connectivity index (χ1v) is 7.02. The second-order valence-corrected chi connectivity index (χ2v) is 5.39. The Morgan fingerprint density at radius 2 is 2.23 bits per heavy atom. The van der Waals surface area contributed by atoms with Gasteiger partial charge in [-0.2, -0.15) is 0 Å². The molecule has 0 bridgehead atoms. The summed E-state index contributed by atoms with van der Waals surface area (Å²) in [6, 6.07) is 3.85. The van der Waals surface area contributed by atoms with E-state index < -0.39 is 0 Å². The lowest BCUT2D eigenvalue weighted by atomic mass is 10.4. The maximum Gasteiger partial charge on any atom is 0.194 e. The first-order chi connectivity index (χ1) is 9.99. The molecule has 122 valence electrons. The molecule has 1 N–H and O–H groups in total. The molecular weight excluding hydrogens is 417 g/mol. The molecule has 2 rings (SSSR count). The number of rotatable bonds is 4. The molecule has 0 aromatic carbocycles. The zero-order chi connectivity index (χ0) is 15.4. The molecule has 2 heterocycles. The van der Waals surface area contributed by atoms with Crippen molar-refractivity contribution in [2.45, 2.75) is 20.0 Å². The molecular formula is C14H21ClIN5O. The molecule has 22 heavy (non-hydrogen) atoms. The number of guanidine groups is 1. The number of hydrogen-bond acceptors (Lipinski definition) is 3. The van der Waals surface area contributed by atoms with Crippen LogP contribution in [0.5, 0.6) is 0 Å². The summed E-state index contributed by atoms with van der Waals surface area (Å²) in [5, 5.41) is 7.84. The van der Waals surface area contributed by atoms with Gasteiger partial charge in [0.2, 0.25) is 0 Å². The third-order valence-electron chi connectivity index (χ3n) is 3.14. The maximum atomic E-state index is 6.00. The molecule has 0 aliphatic carbocycles. The van der Waals surface area contributed by atoms with Crippen molar-refractivity contribution in [3.8, 4) is 0 Å². The van der Waals surface area contributed by atoms with E-state index in [9.17, 15) is 0 Å². The van der Waals surface area contributed by atoms with Gasteiger partial charge in [0, 0.05) is 39.1 Å². The largest absolute Gasteiger partial charge is 0.359 e. The summed E-state index contributed by atoms with van der Waals surface area (Å²) in [5.41, 5.74) is 1.98. The van der Waals surface area contributed by atoms with Crippen LogP contribution in [0, 0.1) is 6.92 Å². The Morgan fingerprint density at radius 3 is 2.73 bits per heavy atom. The maximum absolute atomic E-state index is 6.00. The zero-order valence-corrected chi connectivity index (χ0v) is 16.2. The highest BCUT2D eigenvalue weighted by atomic mass is 127. The first-order valence-electron chi connectivity index (χ1n) is 6.64. The SMILES string of the molecule is CN=C(NCc1cc(C)no1)N(C)Cc1cc(Cl)cn1C.I. The van der Waals surface area contributed by atoms with Crippen molar-refractivity contribution in [2.24, 2.45) is 12.0 Å². The third kappa shape index (κ3) is 4.91. The molecule has 0 amide bonds. The molecule has 2 aromatic rings. The number of nitrogens with zero attached hydrogens (tertiary/aromatic N) is 4. The predicted octanol–water partition coefficient (Wildman–Crippen LogP) is 2.80. The van der Waals surface area contributed by atoms with E-state index in [1.807, 2.05) is 48.8 Å². The highest BCUT2D eigenvalue weighted by Crippen LogP contribution is 2.14. The van der Waals surface area contributed by atoms with E-state index in [4.69, 9.17) is 16.1 Å². The van der Waals surface area contributed by atoms with E-state index in [1.54, 1.807) is 7.05 Å². The molecule has 8 heteroatoms. The first kappa shape index (κ1) is 18.8. The van der Waals surface area contributed by atoms with Gasteiger partial charge in [0.25, 0.3) is 0 Å². The Hall–Kier alpha value is -1.22. The van der Waals surface area contributed by atoms with Crippen LogP contribution in [0.1, 0.15) is 17.1 Å². The standard InChI is InChI=1S/C14H20ClN5O.HI/c1-10-5-13(21-18-10)7-17-14(16-2)20(4)9-12-6-11(15)8-19(12)3;/h5-6,8H,7,9H2,1-4H3,(H,16,17);1H. The van der Waals surface area contributed by atoms with E-state index >= 15 is 0 Å². The predicted molar refractivity (Wildman–Crippen MR) is 98.7 cm³/mol. The molecule has 0 unspecified atom stereocenters. The van der Waals surface area contributed by atoms with Crippen LogP contribution in [0.15, 0.2) is 27.8 Å². The fraction of sp³-hybridized carbons (Fsp3) is 0.429. The Bertz CT molecular complexity index is 637. The smallest absolute Gasteiger partial charge is 0.194 e. The molecule has 0 saturated carbocycles. The molecule has 6 nitrogen and oxygen atoms in total. The summed E-state index contributed by atoms with van der Waals surface area (Å²) in [6.07, 6.45) is 1.89. The van der Waals surface area contributed by atoms with Gasteiger partial charge in [-0.25, -0.2) is 0 Å². The molecule has 0 atom stereocenters. The van der Waals surface area contributed by atoms with Gasteiger partial charge in [-0.05, 0) is 13.0 Å². The van der Waals surface area contributed by atoms with Gasteiger partial charge in [-0.15, -0.1) is 24.0 Å². The summed E-state index contributed by atoms with van der Waals surface area (Å²) in [6.45, 7) is 3.15. The summed E-state index contributed by atoms with van der Waals surface area (Å²) >= 11 is 6.00. The number of aromatic nitrogens is 2. The van der Waals surface area contributed by atoms with Crippen molar-refractivity contribution < 1.29 is 4.52 Å². The van der Waals surface area contributed by atoms with Gasteiger partial charge in [0.15, 0.2) is 11.7 Å². The van der Waals surface area contributed by atoms with Crippen molar-refractivity contribution in [1.29, 1.82) is 0 Å². The van der Waals surface area contributed by atoms with Gasteiger partial charge >= 0.3 is 0 Å². The molecule has 0 aliphatic heterocycles. The number of aryl methyl sites for hydroxylation is 2. The van der Waals surface area contributed by atoms with Crippen LogP contribution in [-0.2, 0) is 20.1 Å². The number of nitrogens with one attached hydrogen (secondary N) is 1. The highest BCUT2D eigenvalue weighted by molar-refractivity contribution is 14.0. The minimum Gasteiger partial charge on any atom is -0.359 e. The Balaban J connectivity index is 0.00000242. The molecule has 0 aliphatic rings. The van der Waals surface area contributed by atoms with E-state index in [0.717, 1.165) is 28.1 Å². The molecule has 0 spiro atoms. The van der Waals surface area contributed by atoms with E-state index in [-0.39, 0.29) is 24.0 Å². The Labute approximate surface area is 152 Å². The summed E-state index contributed by atoms with van der Waals surface area (Å²) in [5.74, 6) is 1.56. The van der Waals surface area contributed by atoms with Crippen LogP contribution < -0.4 is 5.32 Å². The molecule has 0 saturated heterocycles. The topological polar surface area (TPSA) is 58.6 Å². The lowest BCUT2D eigenvalue weighted by molar-refractivity contribution is 0.372. The van der Waals surface area contributed by atoms with Crippen molar-refractivity contribution in [1.82, 2.24) is 19.9 Å². The quantitative estimate of drug-likeness (QED) is 0.454. The molecule has 2 aromatic heterocycles. The van der Waals surface area contributed by atoms with Crippen LogP contribution in [0.25, 0.3) is 0 Å². The normalized spacial score (nSPS) is 11.2. The average Bonchev–Trinajstić information content (AvgIpc) is 2.96. The van der Waals surface area contributed by atoms with Crippen LogP contribution in [0.2, 0.25) is 5.02 Å². The van der Waals surface area contributed by atoms with Gasteiger partial charge < -0.3 is 19.3 Å². The van der Waals surface area contributed by atoms with Gasteiger partial charge in [-0.3, -0.25) is 4.99 Å². The van der Waals surface area contributed by atoms with E-state index in [2.05, 4.69) is 15.5 Å². The van der Waals surface area contributed by atoms with Crippen LogP contribution in [0.4, 0.5) is 0 Å². The second kappa shape index (κ2) is 8.42. The fourth-order valence-electron chi connectivity index (χ4n) is 2.09. The monoisotopic (exact) mass is 437 g/mol.